The minimum atomic E-state index is -0.0984. The van der Waals surface area contributed by atoms with Crippen LogP contribution in [-0.4, -0.2) is 35.4 Å². The molecule has 1 amide bonds. The molecular formula is C12H14N4O. The van der Waals surface area contributed by atoms with Gasteiger partial charge < -0.3 is 10.2 Å². The van der Waals surface area contributed by atoms with E-state index in [1.807, 2.05) is 19.2 Å². The molecule has 2 rings (SSSR count). The number of nitrogens with one attached hydrogen (secondary N) is 1. The molecule has 1 N–H and O–H groups in total. The molecule has 0 radical (unpaired) electrons. The van der Waals surface area contributed by atoms with Gasteiger partial charge in [0, 0.05) is 26.3 Å². The number of hydrogen-bond acceptors (Lipinski definition) is 4. The Bertz CT molecular complexity index is 466. The van der Waals surface area contributed by atoms with Crippen LogP contribution in [0.25, 0.3) is 0 Å². The highest BCUT2D eigenvalue weighted by Crippen LogP contribution is 2.09. The van der Waals surface area contributed by atoms with E-state index in [-0.39, 0.29) is 11.9 Å². The first-order valence-electron chi connectivity index (χ1n) is 5.54. The molecule has 1 saturated heterocycles. The lowest BCUT2D eigenvalue weighted by Crippen LogP contribution is -2.36. The highest BCUT2D eigenvalue weighted by molar-refractivity contribution is 5.83. The molecule has 1 atom stereocenters. The van der Waals surface area contributed by atoms with Crippen LogP contribution in [0.1, 0.15) is 17.7 Å². The fourth-order valence-corrected chi connectivity index (χ4v) is 1.90. The lowest BCUT2D eigenvalue weighted by molar-refractivity contribution is -0.128. The second kappa shape index (κ2) is 4.93. The van der Waals surface area contributed by atoms with Gasteiger partial charge in [0.1, 0.15) is 11.8 Å². The van der Waals surface area contributed by atoms with Crippen molar-refractivity contribution in [3.8, 4) is 6.07 Å². The van der Waals surface area contributed by atoms with Gasteiger partial charge in [0.25, 0.3) is 0 Å². The molecule has 0 aromatic carbocycles. The molecule has 1 fully saturated rings. The van der Waals surface area contributed by atoms with Gasteiger partial charge >= 0.3 is 0 Å². The Morgan fingerprint density at radius 2 is 2.53 bits per heavy atom. The third-order valence-electron chi connectivity index (χ3n) is 2.92. The molecule has 0 spiro atoms. The number of pyridine rings is 1. The van der Waals surface area contributed by atoms with E-state index in [2.05, 4.69) is 10.3 Å². The number of likely N-dealkylation sites (N-methyl/N-ethyl adjacent to an activating group) is 1. The molecule has 17 heavy (non-hydrogen) atoms. The number of likely N-dealkylation sites (tertiary alicyclic amines) is 1. The lowest BCUT2D eigenvalue weighted by atomic mass is 10.2. The summed E-state index contributed by atoms with van der Waals surface area (Å²) in [6, 6.07) is 5.48. The summed E-state index contributed by atoms with van der Waals surface area (Å²) in [5, 5.41) is 11.9. The first-order chi connectivity index (χ1) is 8.20. The molecule has 0 bridgehead atoms. The SMILES string of the molecule is CN1CCC(NCc2ccnc(C#N)c2)C1=O. The van der Waals surface area contributed by atoms with Crippen molar-refractivity contribution in [3.05, 3.63) is 29.6 Å². The van der Waals surface area contributed by atoms with Crippen molar-refractivity contribution in [2.24, 2.45) is 0 Å². The van der Waals surface area contributed by atoms with Crippen LogP contribution in [0.5, 0.6) is 0 Å². The molecule has 0 aliphatic carbocycles. The maximum atomic E-state index is 11.6. The second-order valence-electron chi connectivity index (χ2n) is 4.14. The Hall–Kier alpha value is -1.93. The van der Waals surface area contributed by atoms with Crippen molar-refractivity contribution >= 4 is 5.91 Å². The fraction of sp³-hybridized carbons (Fsp3) is 0.417. The zero-order valence-corrected chi connectivity index (χ0v) is 9.68. The van der Waals surface area contributed by atoms with Crippen LogP contribution in [-0.2, 0) is 11.3 Å². The maximum absolute atomic E-state index is 11.6. The van der Waals surface area contributed by atoms with E-state index in [0.29, 0.717) is 12.2 Å². The van der Waals surface area contributed by atoms with Crippen LogP contribution >= 0.6 is 0 Å². The number of carbonyl (C=O) groups is 1. The number of hydrogen-bond donors (Lipinski definition) is 1. The summed E-state index contributed by atoms with van der Waals surface area (Å²) in [6.07, 6.45) is 2.45. The fourth-order valence-electron chi connectivity index (χ4n) is 1.90. The predicted octanol–water partition coefficient (Wildman–Crippen LogP) is 0.274. The Morgan fingerprint density at radius 1 is 1.71 bits per heavy atom. The minimum Gasteiger partial charge on any atom is -0.344 e. The van der Waals surface area contributed by atoms with Crippen LogP contribution in [0, 0.1) is 11.3 Å². The van der Waals surface area contributed by atoms with Crippen molar-refractivity contribution < 1.29 is 4.79 Å². The highest BCUT2D eigenvalue weighted by Gasteiger charge is 2.28. The molecule has 1 unspecified atom stereocenters. The molecule has 1 aromatic heterocycles. The summed E-state index contributed by atoms with van der Waals surface area (Å²) in [7, 11) is 1.81. The Morgan fingerprint density at radius 3 is 3.18 bits per heavy atom. The molecule has 5 nitrogen and oxygen atoms in total. The number of nitrogens with zero attached hydrogens (tertiary/aromatic N) is 3. The number of nitriles is 1. The number of aromatic nitrogens is 1. The lowest BCUT2D eigenvalue weighted by Gasteiger charge is -2.12. The second-order valence-corrected chi connectivity index (χ2v) is 4.14. The minimum absolute atomic E-state index is 0.0984. The monoisotopic (exact) mass is 230 g/mol. The quantitative estimate of drug-likeness (QED) is 0.809. The van der Waals surface area contributed by atoms with Gasteiger partial charge in [0.2, 0.25) is 5.91 Å². The van der Waals surface area contributed by atoms with Crippen LogP contribution in [0.2, 0.25) is 0 Å². The zero-order chi connectivity index (χ0) is 12.3. The smallest absolute Gasteiger partial charge is 0.239 e. The molecule has 88 valence electrons. The number of amides is 1. The summed E-state index contributed by atoms with van der Waals surface area (Å²) in [4.78, 5) is 17.3. The molecule has 0 saturated carbocycles. The van der Waals surface area contributed by atoms with Gasteiger partial charge in [-0.05, 0) is 24.1 Å². The Balaban J connectivity index is 1.94. The summed E-state index contributed by atoms with van der Waals surface area (Å²) in [5.41, 5.74) is 1.37. The van der Waals surface area contributed by atoms with E-state index >= 15 is 0 Å². The van der Waals surface area contributed by atoms with Crippen LogP contribution in [0.3, 0.4) is 0 Å². The van der Waals surface area contributed by atoms with Crippen molar-refractivity contribution in [1.29, 1.82) is 5.26 Å². The molecule has 5 heteroatoms. The van der Waals surface area contributed by atoms with Gasteiger partial charge in [0.05, 0.1) is 6.04 Å². The third kappa shape index (κ3) is 2.60. The van der Waals surface area contributed by atoms with E-state index < -0.39 is 0 Å². The number of carbonyl (C=O) groups excluding carboxylic acids is 1. The van der Waals surface area contributed by atoms with Gasteiger partial charge in [-0.1, -0.05) is 0 Å². The van der Waals surface area contributed by atoms with E-state index in [9.17, 15) is 4.79 Å². The molecule has 1 aliphatic rings. The first kappa shape index (κ1) is 11.6. The molecular weight excluding hydrogens is 216 g/mol. The van der Waals surface area contributed by atoms with Crippen LogP contribution in [0.15, 0.2) is 18.3 Å². The average Bonchev–Trinajstić information content (AvgIpc) is 2.68. The average molecular weight is 230 g/mol. The summed E-state index contributed by atoms with van der Waals surface area (Å²) in [6.45, 7) is 1.39. The Kier molecular flexibility index (Phi) is 3.35. The van der Waals surface area contributed by atoms with Crippen molar-refractivity contribution in [2.75, 3.05) is 13.6 Å². The summed E-state index contributed by atoms with van der Waals surface area (Å²) < 4.78 is 0. The van der Waals surface area contributed by atoms with Gasteiger partial charge in [-0.3, -0.25) is 4.79 Å². The molecule has 2 heterocycles. The standard InChI is InChI=1S/C12H14N4O/c1-16-5-3-11(12(16)17)15-8-9-2-4-14-10(6-9)7-13/h2,4,6,11,15H,3,5,8H2,1H3. The van der Waals surface area contributed by atoms with Crippen LogP contribution < -0.4 is 5.32 Å². The first-order valence-corrected chi connectivity index (χ1v) is 5.54. The van der Waals surface area contributed by atoms with E-state index in [1.54, 1.807) is 17.2 Å². The summed E-state index contributed by atoms with van der Waals surface area (Å²) in [5.74, 6) is 0.138. The van der Waals surface area contributed by atoms with Gasteiger partial charge in [-0.15, -0.1) is 0 Å². The molecule has 1 aliphatic heterocycles. The van der Waals surface area contributed by atoms with Crippen LogP contribution in [0.4, 0.5) is 0 Å². The molecule has 1 aromatic rings. The highest BCUT2D eigenvalue weighted by atomic mass is 16.2. The van der Waals surface area contributed by atoms with Gasteiger partial charge in [0.15, 0.2) is 0 Å². The maximum Gasteiger partial charge on any atom is 0.239 e. The van der Waals surface area contributed by atoms with Crippen molar-refractivity contribution in [3.63, 3.8) is 0 Å². The van der Waals surface area contributed by atoms with E-state index in [0.717, 1.165) is 18.5 Å². The Labute approximate surface area is 100 Å². The predicted molar refractivity (Wildman–Crippen MR) is 61.8 cm³/mol. The van der Waals surface area contributed by atoms with Gasteiger partial charge in [-0.25, -0.2) is 4.98 Å². The van der Waals surface area contributed by atoms with E-state index in [4.69, 9.17) is 5.26 Å². The van der Waals surface area contributed by atoms with Crippen molar-refractivity contribution in [1.82, 2.24) is 15.2 Å². The van der Waals surface area contributed by atoms with Gasteiger partial charge in [-0.2, -0.15) is 5.26 Å². The third-order valence-corrected chi connectivity index (χ3v) is 2.92. The van der Waals surface area contributed by atoms with Crippen molar-refractivity contribution in [2.45, 2.75) is 19.0 Å². The topological polar surface area (TPSA) is 69.0 Å². The summed E-state index contributed by atoms with van der Waals surface area (Å²) >= 11 is 0. The zero-order valence-electron chi connectivity index (χ0n) is 9.68. The largest absolute Gasteiger partial charge is 0.344 e. The number of rotatable bonds is 3. The normalized spacial score (nSPS) is 19.4. The van der Waals surface area contributed by atoms with E-state index in [1.165, 1.54) is 0 Å².